The highest BCUT2D eigenvalue weighted by atomic mass is 16.5. The molecule has 2 heteroatoms. The molecule has 0 atom stereocenters. The van der Waals surface area contributed by atoms with E-state index in [2.05, 4.69) is 60.0 Å². The average molecular weight is 333 g/mol. The van der Waals surface area contributed by atoms with Crippen molar-refractivity contribution in [3.8, 4) is 5.75 Å². The zero-order valence-electron chi connectivity index (χ0n) is 15.1. The second-order valence-corrected chi connectivity index (χ2v) is 7.38. The SMILES string of the molecule is Cc1cc2c(OCc3ccccc3)cccn2c1CC1CCCCC1. The predicted octanol–water partition coefficient (Wildman–Crippen LogP) is 5.95. The second kappa shape index (κ2) is 7.35. The summed E-state index contributed by atoms with van der Waals surface area (Å²) in [4.78, 5) is 0. The minimum atomic E-state index is 0.614. The van der Waals surface area contributed by atoms with Crippen molar-refractivity contribution in [2.24, 2.45) is 5.92 Å². The van der Waals surface area contributed by atoms with Gasteiger partial charge in [-0.15, -0.1) is 0 Å². The van der Waals surface area contributed by atoms with E-state index in [1.54, 1.807) is 0 Å². The number of benzene rings is 1. The molecular weight excluding hydrogens is 306 g/mol. The summed E-state index contributed by atoms with van der Waals surface area (Å²) in [5, 5.41) is 0. The topological polar surface area (TPSA) is 13.6 Å². The van der Waals surface area contributed by atoms with Crippen LogP contribution in [0.15, 0.2) is 54.7 Å². The molecule has 0 radical (unpaired) electrons. The fourth-order valence-corrected chi connectivity index (χ4v) is 4.14. The fraction of sp³-hybridized carbons (Fsp3) is 0.391. The summed E-state index contributed by atoms with van der Waals surface area (Å²) >= 11 is 0. The van der Waals surface area contributed by atoms with Gasteiger partial charge in [0.15, 0.2) is 0 Å². The third-order valence-electron chi connectivity index (χ3n) is 5.54. The Morgan fingerprint density at radius 1 is 1.00 bits per heavy atom. The Balaban J connectivity index is 1.58. The molecule has 130 valence electrons. The van der Waals surface area contributed by atoms with Gasteiger partial charge in [-0.2, -0.15) is 0 Å². The maximum Gasteiger partial charge on any atom is 0.143 e. The molecule has 0 bridgehead atoms. The van der Waals surface area contributed by atoms with E-state index in [-0.39, 0.29) is 0 Å². The zero-order chi connectivity index (χ0) is 17.1. The van der Waals surface area contributed by atoms with E-state index in [9.17, 15) is 0 Å². The van der Waals surface area contributed by atoms with Crippen LogP contribution in [-0.4, -0.2) is 4.40 Å². The lowest BCUT2D eigenvalue weighted by Gasteiger charge is -2.22. The molecule has 1 aliphatic carbocycles. The van der Waals surface area contributed by atoms with Crippen LogP contribution in [0.5, 0.6) is 5.75 Å². The summed E-state index contributed by atoms with van der Waals surface area (Å²) in [5.74, 6) is 1.82. The normalized spacial score (nSPS) is 15.6. The maximum absolute atomic E-state index is 6.14. The van der Waals surface area contributed by atoms with Gasteiger partial charge >= 0.3 is 0 Å². The first-order valence-corrected chi connectivity index (χ1v) is 9.57. The third kappa shape index (κ3) is 3.58. The molecule has 0 spiro atoms. The first-order valence-electron chi connectivity index (χ1n) is 9.57. The van der Waals surface area contributed by atoms with Gasteiger partial charge in [-0.3, -0.25) is 0 Å². The summed E-state index contributed by atoms with van der Waals surface area (Å²) in [5.41, 5.74) is 5.25. The molecular formula is C23H27NO. The molecule has 25 heavy (non-hydrogen) atoms. The van der Waals surface area contributed by atoms with E-state index in [1.807, 2.05) is 6.07 Å². The summed E-state index contributed by atoms with van der Waals surface area (Å²) < 4.78 is 8.49. The lowest BCUT2D eigenvalue weighted by atomic mass is 9.85. The van der Waals surface area contributed by atoms with Crippen LogP contribution in [0, 0.1) is 12.8 Å². The van der Waals surface area contributed by atoms with Gasteiger partial charge in [0.05, 0.1) is 5.52 Å². The molecule has 0 amide bonds. The van der Waals surface area contributed by atoms with Crippen molar-refractivity contribution in [3.05, 3.63) is 71.5 Å². The highest BCUT2D eigenvalue weighted by Gasteiger charge is 2.18. The smallest absolute Gasteiger partial charge is 0.143 e. The van der Waals surface area contributed by atoms with Crippen molar-refractivity contribution in [1.82, 2.24) is 4.40 Å². The molecule has 2 heterocycles. The molecule has 0 saturated heterocycles. The molecule has 3 aromatic rings. The highest BCUT2D eigenvalue weighted by Crippen LogP contribution is 2.31. The van der Waals surface area contributed by atoms with Crippen LogP contribution in [0.25, 0.3) is 5.52 Å². The van der Waals surface area contributed by atoms with E-state index in [0.717, 1.165) is 11.7 Å². The number of aromatic nitrogens is 1. The molecule has 1 saturated carbocycles. The van der Waals surface area contributed by atoms with Crippen molar-refractivity contribution in [2.45, 2.75) is 52.1 Å². The van der Waals surface area contributed by atoms with Crippen molar-refractivity contribution in [3.63, 3.8) is 0 Å². The Morgan fingerprint density at radius 3 is 2.60 bits per heavy atom. The van der Waals surface area contributed by atoms with Crippen LogP contribution in [0.2, 0.25) is 0 Å². The average Bonchev–Trinajstić information content (AvgIpc) is 2.98. The molecule has 2 aromatic heterocycles. The van der Waals surface area contributed by atoms with Gasteiger partial charge in [-0.25, -0.2) is 0 Å². The molecule has 2 nitrogen and oxygen atoms in total. The lowest BCUT2D eigenvalue weighted by Crippen LogP contribution is -2.11. The summed E-state index contributed by atoms with van der Waals surface area (Å²) in [6, 6.07) is 16.9. The number of hydrogen-bond donors (Lipinski definition) is 0. The number of fused-ring (bicyclic) bond motifs is 1. The number of hydrogen-bond acceptors (Lipinski definition) is 1. The van der Waals surface area contributed by atoms with Crippen LogP contribution in [0.3, 0.4) is 0 Å². The third-order valence-corrected chi connectivity index (χ3v) is 5.54. The first kappa shape index (κ1) is 16.3. The van der Waals surface area contributed by atoms with Gasteiger partial charge in [0.2, 0.25) is 0 Å². The fourth-order valence-electron chi connectivity index (χ4n) is 4.14. The number of pyridine rings is 1. The van der Waals surface area contributed by atoms with Crippen molar-refractivity contribution in [2.75, 3.05) is 0 Å². The quantitative estimate of drug-likeness (QED) is 0.562. The van der Waals surface area contributed by atoms with Gasteiger partial charge < -0.3 is 9.14 Å². The zero-order valence-corrected chi connectivity index (χ0v) is 15.1. The van der Waals surface area contributed by atoms with E-state index in [4.69, 9.17) is 4.74 Å². The predicted molar refractivity (Wildman–Crippen MR) is 103 cm³/mol. The summed E-state index contributed by atoms with van der Waals surface area (Å²) in [6.07, 6.45) is 10.4. The summed E-state index contributed by atoms with van der Waals surface area (Å²) in [6.45, 7) is 2.86. The highest BCUT2D eigenvalue weighted by molar-refractivity contribution is 5.63. The molecule has 0 aliphatic heterocycles. The standard InChI is InChI=1S/C23H27NO/c1-18-15-22-23(25-17-20-11-6-3-7-12-20)13-8-14-24(22)21(18)16-19-9-4-2-5-10-19/h3,6-8,11-15,19H,2,4-5,9-10,16-17H2,1H3. The van der Waals surface area contributed by atoms with Crippen LogP contribution < -0.4 is 4.74 Å². The maximum atomic E-state index is 6.14. The lowest BCUT2D eigenvalue weighted by molar-refractivity contribution is 0.308. The minimum absolute atomic E-state index is 0.614. The van der Waals surface area contributed by atoms with E-state index in [1.165, 1.54) is 60.9 Å². The van der Waals surface area contributed by atoms with E-state index < -0.39 is 0 Å². The van der Waals surface area contributed by atoms with Crippen LogP contribution in [0.1, 0.15) is 48.9 Å². The molecule has 0 N–H and O–H groups in total. The van der Waals surface area contributed by atoms with Crippen LogP contribution >= 0.6 is 0 Å². The second-order valence-electron chi connectivity index (χ2n) is 7.38. The van der Waals surface area contributed by atoms with Gasteiger partial charge in [0.25, 0.3) is 0 Å². The van der Waals surface area contributed by atoms with Gasteiger partial charge in [0, 0.05) is 11.9 Å². The Bertz CT molecular complexity index is 828. The molecule has 0 unspecified atom stereocenters. The van der Waals surface area contributed by atoms with Gasteiger partial charge in [-0.1, -0.05) is 62.4 Å². The Hall–Kier alpha value is -2.22. The number of aryl methyl sites for hydroxylation is 1. The number of ether oxygens (including phenoxy) is 1. The van der Waals surface area contributed by atoms with Crippen molar-refractivity contribution in [1.29, 1.82) is 0 Å². The van der Waals surface area contributed by atoms with Crippen LogP contribution in [-0.2, 0) is 13.0 Å². The number of rotatable bonds is 5. The Kier molecular flexibility index (Phi) is 4.78. The molecule has 1 fully saturated rings. The number of nitrogens with zero attached hydrogens (tertiary/aromatic N) is 1. The van der Waals surface area contributed by atoms with E-state index in [0.29, 0.717) is 6.61 Å². The molecule has 4 rings (SSSR count). The first-order chi connectivity index (χ1) is 12.3. The Labute approximate surface area is 150 Å². The molecule has 1 aromatic carbocycles. The largest absolute Gasteiger partial charge is 0.487 e. The molecule has 1 aliphatic rings. The summed E-state index contributed by atoms with van der Waals surface area (Å²) in [7, 11) is 0. The van der Waals surface area contributed by atoms with Crippen LogP contribution in [0.4, 0.5) is 0 Å². The van der Waals surface area contributed by atoms with Crippen molar-refractivity contribution >= 4 is 5.52 Å². The minimum Gasteiger partial charge on any atom is -0.487 e. The van der Waals surface area contributed by atoms with Crippen molar-refractivity contribution < 1.29 is 4.74 Å². The van der Waals surface area contributed by atoms with Gasteiger partial charge in [0.1, 0.15) is 12.4 Å². The Morgan fingerprint density at radius 2 is 1.80 bits per heavy atom. The monoisotopic (exact) mass is 333 g/mol. The van der Waals surface area contributed by atoms with E-state index >= 15 is 0 Å². The van der Waals surface area contributed by atoms with Gasteiger partial charge in [-0.05, 0) is 48.6 Å².